The monoisotopic (exact) mass is 460 g/mol. The van der Waals surface area contributed by atoms with Crippen LogP contribution in [0.3, 0.4) is 0 Å². The highest BCUT2D eigenvalue weighted by atomic mass is 19.1. The zero-order valence-electron chi connectivity index (χ0n) is 20.0. The summed E-state index contributed by atoms with van der Waals surface area (Å²) in [6.45, 7) is 5.94. The number of nitrogens with zero attached hydrogens (tertiary/aromatic N) is 2. The summed E-state index contributed by atoms with van der Waals surface area (Å²) in [7, 11) is 1.44. The van der Waals surface area contributed by atoms with Crippen molar-refractivity contribution in [1.82, 2.24) is 9.80 Å². The lowest BCUT2D eigenvalue weighted by atomic mass is 9.86. The Morgan fingerprint density at radius 1 is 0.971 bits per heavy atom. The number of halogens is 1. The number of benzene rings is 3. The summed E-state index contributed by atoms with van der Waals surface area (Å²) in [5.74, 6) is 0.265. The molecule has 1 aliphatic heterocycles. The number of rotatable bonds is 7. The highest BCUT2D eigenvalue weighted by Crippen LogP contribution is 2.32. The Kier molecular flexibility index (Phi) is 7.96. The maximum absolute atomic E-state index is 13.2. The first kappa shape index (κ1) is 24.0. The Morgan fingerprint density at radius 3 is 2.41 bits per heavy atom. The third-order valence-electron chi connectivity index (χ3n) is 6.65. The normalized spacial score (nSPS) is 14.7. The van der Waals surface area contributed by atoms with Gasteiger partial charge in [-0.3, -0.25) is 9.80 Å². The molecule has 34 heavy (non-hydrogen) atoms. The summed E-state index contributed by atoms with van der Waals surface area (Å²) in [4.78, 5) is 16.8. The molecule has 1 aliphatic rings. The lowest BCUT2D eigenvalue weighted by Crippen LogP contribution is -2.33. The van der Waals surface area contributed by atoms with Gasteiger partial charge < -0.3 is 4.74 Å². The fraction of sp³-hybridized carbons (Fsp3) is 0.345. The summed E-state index contributed by atoms with van der Waals surface area (Å²) in [6.07, 6.45) is 1.81. The van der Waals surface area contributed by atoms with Gasteiger partial charge in [0.05, 0.1) is 7.11 Å². The average Bonchev–Trinajstić information content (AvgIpc) is 2.85. The molecule has 0 bridgehead atoms. The molecule has 0 radical (unpaired) electrons. The number of hydrogen-bond donors (Lipinski definition) is 0. The summed E-state index contributed by atoms with van der Waals surface area (Å²) < 4.78 is 18.3. The molecule has 0 unspecified atom stereocenters. The van der Waals surface area contributed by atoms with Crippen LogP contribution >= 0.6 is 0 Å². The lowest BCUT2D eigenvalue weighted by Gasteiger charge is -2.33. The number of aryl methyl sites for hydroxylation is 1. The Labute approximate surface area is 202 Å². The minimum absolute atomic E-state index is 0.192. The van der Waals surface area contributed by atoms with Gasteiger partial charge in [0, 0.05) is 19.6 Å². The second-order valence-electron chi connectivity index (χ2n) is 9.19. The molecule has 3 aromatic carbocycles. The molecule has 0 spiro atoms. The third-order valence-corrected chi connectivity index (χ3v) is 6.65. The van der Waals surface area contributed by atoms with E-state index in [4.69, 9.17) is 4.74 Å². The van der Waals surface area contributed by atoms with Gasteiger partial charge in [0.15, 0.2) is 0 Å². The van der Waals surface area contributed by atoms with E-state index < -0.39 is 0 Å². The largest absolute Gasteiger partial charge is 0.453 e. The number of hydrogen-bond acceptors (Lipinski definition) is 3. The molecule has 1 saturated heterocycles. The fourth-order valence-electron chi connectivity index (χ4n) is 4.88. The zero-order valence-corrected chi connectivity index (χ0v) is 20.0. The van der Waals surface area contributed by atoms with Crippen LogP contribution in [0.1, 0.15) is 46.6 Å². The van der Waals surface area contributed by atoms with E-state index in [2.05, 4.69) is 42.2 Å². The number of piperidine rings is 1. The van der Waals surface area contributed by atoms with Crippen molar-refractivity contribution in [3.05, 3.63) is 106 Å². The second kappa shape index (κ2) is 11.3. The van der Waals surface area contributed by atoms with Crippen molar-refractivity contribution < 1.29 is 13.9 Å². The molecule has 1 fully saturated rings. The number of likely N-dealkylation sites (tertiary alicyclic amines) is 1. The summed E-state index contributed by atoms with van der Waals surface area (Å²) >= 11 is 0. The Balaban J connectivity index is 1.43. The summed E-state index contributed by atoms with van der Waals surface area (Å²) in [6, 6.07) is 23.5. The van der Waals surface area contributed by atoms with Crippen LogP contribution in [-0.4, -0.2) is 36.1 Å². The van der Waals surface area contributed by atoms with E-state index in [0.29, 0.717) is 19.0 Å². The molecule has 3 aromatic rings. The number of methoxy groups -OCH3 is 1. The van der Waals surface area contributed by atoms with Crippen LogP contribution in [-0.2, 0) is 24.4 Å². The SMILES string of the molecule is COC(=O)N(Cc1cccc(C)c1)Cc1ccccc1C1CCN(Cc2ccc(F)cc2)CC1. The molecule has 0 aromatic heterocycles. The van der Waals surface area contributed by atoms with E-state index in [1.54, 1.807) is 4.90 Å². The standard InChI is InChI=1S/C29H33FN2O2/c1-22-6-5-7-24(18-22)20-32(29(33)34-2)21-26-8-3-4-9-28(26)25-14-16-31(17-15-25)19-23-10-12-27(30)13-11-23/h3-13,18,25H,14-17,19-21H2,1-2H3. The van der Waals surface area contributed by atoms with Crippen molar-refractivity contribution in [2.75, 3.05) is 20.2 Å². The molecule has 178 valence electrons. The highest BCUT2D eigenvalue weighted by molar-refractivity contribution is 5.67. The highest BCUT2D eigenvalue weighted by Gasteiger charge is 2.24. The number of amides is 1. The Bertz CT molecular complexity index is 1090. The minimum Gasteiger partial charge on any atom is -0.453 e. The van der Waals surface area contributed by atoms with Crippen molar-refractivity contribution in [2.24, 2.45) is 0 Å². The van der Waals surface area contributed by atoms with E-state index in [1.807, 2.05) is 30.3 Å². The summed E-state index contributed by atoms with van der Waals surface area (Å²) in [5, 5.41) is 0. The number of carbonyl (C=O) groups excluding carboxylic acids is 1. The van der Waals surface area contributed by atoms with Gasteiger partial charge in [-0.05, 0) is 73.2 Å². The molecule has 0 N–H and O–H groups in total. The van der Waals surface area contributed by atoms with E-state index >= 15 is 0 Å². The van der Waals surface area contributed by atoms with Crippen LogP contribution in [0.4, 0.5) is 9.18 Å². The van der Waals surface area contributed by atoms with Gasteiger partial charge in [0.2, 0.25) is 0 Å². The molecular weight excluding hydrogens is 427 g/mol. The molecule has 1 heterocycles. The fourth-order valence-corrected chi connectivity index (χ4v) is 4.88. The molecule has 5 heteroatoms. The second-order valence-corrected chi connectivity index (χ2v) is 9.19. The van der Waals surface area contributed by atoms with E-state index in [1.165, 1.54) is 35.9 Å². The molecule has 1 amide bonds. The first-order chi connectivity index (χ1) is 16.5. The topological polar surface area (TPSA) is 32.8 Å². The van der Waals surface area contributed by atoms with Gasteiger partial charge in [-0.1, -0.05) is 66.2 Å². The van der Waals surface area contributed by atoms with Crippen molar-refractivity contribution in [1.29, 1.82) is 0 Å². The summed E-state index contributed by atoms with van der Waals surface area (Å²) in [5.41, 5.74) is 5.91. The van der Waals surface area contributed by atoms with Crippen LogP contribution in [0.2, 0.25) is 0 Å². The molecule has 4 nitrogen and oxygen atoms in total. The molecular formula is C29H33FN2O2. The minimum atomic E-state index is -0.314. The van der Waals surface area contributed by atoms with Crippen molar-refractivity contribution in [2.45, 2.75) is 45.3 Å². The van der Waals surface area contributed by atoms with Crippen LogP contribution in [0.25, 0.3) is 0 Å². The molecule has 4 rings (SSSR count). The van der Waals surface area contributed by atoms with Crippen molar-refractivity contribution in [3.63, 3.8) is 0 Å². The van der Waals surface area contributed by atoms with Crippen LogP contribution in [0.5, 0.6) is 0 Å². The predicted molar refractivity (Wildman–Crippen MR) is 133 cm³/mol. The number of ether oxygens (including phenoxy) is 1. The van der Waals surface area contributed by atoms with Gasteiger partial charge in [-0.25, -0.2) is 9.18 Å². The van der Waals surface area contributed by atoms with E-state index in [-0.39, 0.29) is 11.9 Å². The molecule has 0 saturated carbocycles. The van der Waals surface area contributed by atoms with E-state index in [9.17, 15) is 9.18 Å². The first-order valence-corrected chi connectivity index (χ1v) is 11.9. The quantitative estimate of drug-likeness (QED) is 0.416. The van der Waals surface area contributed by atoms with Gasteiger partial charge >= 0.3 is 6.09 Å². The zero-order chi connectivity index (χ0) is 23.9. The maximum Gasteiger partial charge on any atom is 0.410 e. The third kappa shape index (κ3) is 6.23. The van der Waals surface area contributed by atoms with Gasteiger partial charge in [0.1, 0.15) is 5.82 Å². The van der Waals surface area contributed by atoms with E-state index in [0.717, 1.165) is 43.6 Å². The predicted octanol–water partition coefficient (Wildman–Crippen LogP) is 6.28. The lowest BCUT2D eigenvalue weighted by molar-refractivity contribution is 0.117. The average molecular weight is 461 g/mol. The van der Waals surface area contributed by atoms with Crippen LogP contribution in [0, 0.1) is 12.7 Å². The van der Waals surface area contributed by atoms with Crippen LogP contribution in [0.15, 0.2) is 72.8 Å². The van der Waals surface area contributed by atoms with Crippen molar-refractivity contribution >= 4 is 6.09 Å². The van der Waals surface area contributed by atoms with Gasteiger partial charge in [0.25, 0.3) is 0 Å². The van der Waals surface area contributed by atoms with Gasteiger partial charge in [-0.15, -0.1) is 0 Å². The maximum atomic E-state index is 13.2. The first-order valence-electron chi connectivity index (χ1n) is 11.9. The molecule has 0 atom stereocenters. The smallest absolute Gasteiger partial charge is 0.410 e. The van der Waals surface area contributed by atoms with Gasteiger partial charge in [-0.2, -0.15) is 0 Å². The molecule has 0 aliphatic carbocycles. The van der Waals surface area contributed by atoms with Crippen molar-refractivity contribution in [3.8, 4) is 0 Å². The van der Waals surface area contributed by atoms with Crippen LogP contribution < -0.4 is 0 Å². The Morgan fingerprint density at radius 2 is 1.71 bits per heavy atom. The Hall–Kier alpha value is -3.18. The number of carbonyl (C=O) groups is 1.